The minimum Gasteiger partial charge on any atom is -0.330 e. The fourth-order valence-corrected chi connectivity index (χ4v) is 5.89. The average Bonchev–Trinajstić information content (AvgIpc) is 3.34. The second-order valence-electron chi connectivity index (χ2n) is 10.7. The first-order valence-corrected chi connectivity index (χ1v) is 12.7. The molecular weight excluding hydrogens is 538 g/mol. The molecule has 0 aliphatic heterocycles. The summed E-state index contributed by atoms with van der Waals surface area (Å²) in [5.74, 6) is -2.09. The van der Waals surface area contributed by atoms with Gasteiger partial charge in [0.1, 0.15) is 0 Å². The van der Waals surface area contributed by atoms with Crippen molar-refractivity contribution in [2.75, 3.05) is 7.05 Å². The van der Waals surface area contributed by atoms with Gasteiger partial charge in [-0.05, 0) is 43.4 Å². The van der Waals surface area contributed by atoms with E-state index in [0.29, 0.717) is 46.5 Å². The lowest BCUT2D eigenvalue weighted by Gasteiger charge is -2.30. The molecule has 6 rings (SSSR count). The fraction of sp³-hybridized carbons (Fsp3) is 0.407. The van der Waals surface area contributed by atoms with Crippen LogP contribution in [0.5, 0.6) is 0 Å². The number of carbonyl (C=O) groups is 1. The van der Waals surface area contributed by atoms with E-state index < -0.39 is 42.0 Å². The zero-order valence-corrected chi connectivity index (χ0v) is 21.4. The molecule has 3 aromatic heterocycles. The third kappa shape index (κ3) is 4.22. The lowest BCUT2D eigenvalue weighted by molar-refractivity contribution is -0.189. The molecule has 0 unspecified atom stereocenters. The highest BCUT2D eigenvalue weighted by atomic mass is 19.4. The molecule has 2 aliphatic carbocycles. The first kappa shape index (κ1) is 26.3. The van der Waals surface area contributed by atoms with Gasteiger partial charge in [-0.25, -0.2) is 14.2 Å². The molecular formula is C27H24F6N6O. The van der Waals surface area contributed by atoms with E-state index in [9.17, 15) is 31.1 Å². The Bertz CT molecular complexity index is 1590. The summed E-state index contributed by atoms with van der Waals surface area (Å²) in [5.41, 5.74) is 1.25. The van der Waals surface area contributed by atoms with Crippen LogP contribution in [0.3, 0.4) is 0 Å². The summed E-state index contributed by atoms with van der Waals surface area (Å²) in [5, 5.41) is 8.01. The number of amides is 1. The Hall–Kier alpha value is -3.90. The summed E-state index contributed by atoms with van der Waals surface area (Å²) < 4.78 is 85.0. The number of rotatable bonds is 6. The molecule has 0 N–H and O–H groups in total. The monoisotopic (exact) mass is 562 g/mol. The Morgan fingerprint density at radius 3 is 2.42 bits per heavy atom. The average molecular weight is 563 g/mol. The van der Waals surface area contributed by atoms with Gasteiger partial charge in [0.25, 0.3) is 0 Å². The van der Waals surface area contributed by atoms with Crippen LogP contribution in [0.2, 0.25) is 0 Å². The quantitative estimate of drug-likeness (QED) is 0.280. The zero-order valence-electron chi connectivity index (χ0n) is 21.4. The summed E-state index contributed by atoms with van der Waals surface area (Å²) in [7, 11) is 1.17. The van der Waals surface area contributed by atoms with Crippen LogP contribution in [-0.4, -0.2) is 48.4 Å². The molecule has 0 spiro atoms. The zero-order chi connectivity index (χ0) is 28.6. The second kappa shape index (κ2) is 9.07. The molecule has 0 bridgehead atoms. The molecule has 4 aromatic rings. The van der Waals surface area contributed by atoms with Gasteiger partial charge in [0, 0.05) is 42.9 Å². The molecule has 210 valence electrons. The number of halogens is 6. The molecule has 2 aliphatic rings. The Morgan fingerprint density at radius 1 is 1.12 bits per heavy atom. The number of hydrogen-bond donors (Lipinski definition) is 0. The number of alkyl halides is 5. The van der Waals surface area contributed by atoms with Gasteiger partial charge < -0.3 is 4.90 Å². The topological polar surface area (TPSA) is 68.3 Å². The third-order valence-electron chi connectivity index (χ3n) is 7.99. The van der Waals surface area contributed by atoms with Crippen molar-refractivity contribution in [1.82, 2.24) is 29.3 Å². The summed E-state index contributed by atoms with van der Waals surface area (Å²) in [6.07, 6.45) is -0.491. The van der Waals surface area contributed by atoms with E-state index in [-0.39, 0.29) is 17.1 Å². The van der Waals surface area contributed by atoms with Gasteiger partial charge in [-0.2, -0.15) is 31.4 Å². The van der Waals surface area contributed by atoms with E-state index in [0.717, 1.165) is 17.2 Å². The van der Waals surface area contributed by atoms with Gasteiger partial charge in [-0.15, -0.1) is 5.10 Å². The highest BCUT2D eigenvalue weighted by Gasteiger charge is 2.49. The molecule has 1 aromatic carbocycles. The first-order chi connectivity index (χ1) is 18.9. The van der Waals surface area contributed by atoms with Crippen molar-refractivity contribution in [3.63, 3.8) is 0 Å². The maximum atomic E-state index is 14.2. The van der Waals surface area contributed by atoms with E-state index in [1.165, 1.54) is 29.8 Å². The van der Waals surface area contributed by atoms with Gasteiger partial charge >= 0.3 is 12.7 Å². The Morgan fingerprint density at radius 2 is 1.82 bits per heavy atom. The number of carbonyl (C=O) groups excluding carboxylic acids is 1. The van der Waals surface area contributed by atoms with E-state index in [2.05, 4.69) is 15.2 Å². The highest BCUT2D eigenvalue weighted by molar-refractivity contribution is 5.81. The van der Waals surface area contributed by atoms with Crippen molar-refractivity contribution in [2.45, 2.75) is 56.3 Å². The number of benzene rings is 1. The van der Waals surface area contributed by atoms with Crippen LogP contribution in [0, 0.1) is 11.9 Å². The van der Waals surface area contributed by atoms with Gasteiger partial charge in [0.15, 0.2) is 11.7 Å². The molecule has 13 heteroatoms. The molecule has 0 radical (unpaired) electrons. The van der Waals surface area contributed by atoms with Crippen LogP contribution in [0.25, 0.3) is 5.65 Å². The van der Waals surface area contributed by atoms with E-state index in [1.807, 2.05) is 0 Å². The lowest BCUT2D eigenvalue weighted by Crippen LogP contribution is -2.40. The van der Waals surface area contributed by atoms with Gasteiger partial charge in [0.05, 0.1) is 16.8 Å². The third-order valence-corrected chi connectivity index (χ3v) is 7.99. The van der Waals surface area contributed by atoms with Crippen molar-refractivity contribution in [3.8, 4) is 0 Å². The lowest BCUT2D eigenvalue weighted by atomic mass is 9.81. The summed E-state index contributed by atoms with van der Waals surface area (Å²) in [4.78, 5) is 17.5. The molecule has 1 saturated carbocycles. The fourth-order valence-electron chi connectivity index (χ4n) is 5.89. The number of aromatic nitrogens is 5. The van der Waals surface area contributed by atoms with Crippen LogP contribution in [0.15, 0.2) is 48.8 Å². The van der Waals surface area contributed by atoms with Crippen molar-refractivity contribution < 1.29 is 31.1 Å². The number of hydrogen-bond acceptors (Lipinski definition) is 4. The largest absolute Gasteiger partial charge is 0.413 e. The number of nitrogens with zero attached hydrogens (tertiary/aromatic N) is 6. The predicted octanol–water partition coefficient (Wildman–Crippen LogP) is 5.77. The van der Waals surface area contributed by atoms with Crippen molar-refractivity contribution in [1.29, 1.82) is 0 Å². The Balaban J connectivity index is 1.41. The van der Waals surface area contributed by atoms with Crippen molar-refractivity contribution in [2.24, 2.45) is 5.92 Å². The van der Waals surface area contributed by atoms with Crippen LogP contribution in [0.1, 0.15) is 72.8 Å². The van der Waals surface area contributed by atoms with Crippen molar-refractivity contribution in [3.05, 3.63) is 82.8 Å². The summed E-state index contributed by atoms with van der Waals surface area (Å²) in [6.45, 7) is -1.07. The minimum atomic E-state index is -4.68. The molecule has 1 fully saturated rings. The standard InChI is InChI=1S/C27H24F6N6O/c1-26(19-9-10-38(35-19)25(29)30)12-17(18-13-34-21-11-20(28)36-39(21)23(18)26)14-3-5-15(6-4-14)22(27(31,32)33)37(2)24(40)16-7-8-16/h3-6,9-11,13,16-17,22,25H,7-8,12H2,1-2H3/t17-,22-,26+/m0/s1. The normalized spacial score (nSPS) is 21.7. The molecule has 1 amide bonds. The summed E-state index contributed by atoms with van der Waals surface area (Å²) >= 11 is 0. The maximum Gasteiger partial charge on any atom is 0.413 e. The van der Waals surface area contributed by atoms with Gasteiger partial charge in [-0.1, -0.05) is 24.3 Å². The van der Waals surface area contributed by atoms with Crippen LogP contribution >= 0.6 is 0 Å². The van der Waals surface area contributed by atoms with Crippen molar-refractivity contribution >= 4 is 11.6 Å². The second-order valence-corrected chi connectivity index (χ2v) is 10.7. The minimum absolute atomic E-state index is 0.0767. The summed E-state index contributed by atoms with van der Waals surface area (Å²) in [6, 6.07) is 6.35. The van der Waals surface area contributed by atoms with Crippen LogP contribution in [-0.2, 0) is 10.2 Å². The smallest absolute Gasteiger partial charge is 0.330 e. The molecule has 7 nitrogen and oxygen atoms in total. The predicted molar refractivity (Wildman–Crippen MR) is 130 cm³/mol. The van der Waals surface area contributed by atoms with E-state index in [1.54, 1.807) is 25.3 Å². The van der Waals surface area contributed by atoms with Crippen LogP contribution in [0.4, 0.5) is 26.3 Å². The molecule has 3 atom stereocenters. The molecule has 3 heterocycles. The van der Waals surface area contributed by atoms with E-state index in [4.69, 9.17) is 0 Å². The SMILES string of the molecule is CN(C(=O)C1CC1)[C@@H](c1ccc([C@@H]2C[C@](C)(c3ccn(C(F)F)n3)c3c2cnc2cc(F)nn32)cc1)C(F)(F)F. The van der Waals surface area contributed by atoms with Gasteiger partial charge in [-0.3, -0.25) is 4.79 Å². The van der Waals surface area contributed by atoms with Crippen LogP contribution < -0.4 is 0 Å². The molecule has 40 heavy (non-hydrogen) atoms. The Kier molecular flexibility index (Phi) is 5.97. The highest BCUT2D eigenvalue weighted by Crippen LogP contribution is 2.52. The maximum absolute atomic E-state index is 14.2. The van der Waals surface area contributed by atoms with Gasteiger partial charge in [0.2, 0.25) is 11.9 Å². The molecule has 0 saturated heterocycles. The Labute approximate surface area is 224 Å². The first-order valence-electron chi connectivity index (χ1n) is 12.7. The number of fused-ring (bicyclic) bond motifs is 3. The van der Waals surface area contributed by atoms with E-state index >= 15 is 0 Å².